The van der Waals surface area contributed by atoms with Gasteiger partial charge in [0.1, 0.15) is 0 Å². The molecule has 0 aliphatic rings. The van der Waals surface area contributed by atoms with Crippen molar-refractivity contribution in [2.75, 3.05) is 5.32 Å². The third-order valence-corrected chi connectivity index (χ3v) is 2.70. The van der Waals surface area contributed by atoms with Gasteiger partial charge in [-0.15, -0.1) is 0 Å². The summed E-state index contributed by atoms with van der Waals surface area (Å²) in [5, 5.41) is 21.9. The number of aryl methyl sites for hydroxylation is 1. The Balaban J connectivity index is 2.21. The third-order valence-electron chi connectivity index (χ3n) is 2.70. The van der Waals surface area contributed by atoms with Crippen LogP contribution in [0.4, 0.5) is 11.4 Å². The second-order valence-electron chi connectivity index (χ2n) is 4.18. The van der Waals surface area contributed by atoms with E-state index in [9.17, 15) is 19.7 Å². The number of carbonyl (C=O) groups is 2. The van der Waals surface area contributed by atoms with Crippen molar-refractivity contribution in [3.05, 3.63) is 57.5 Å². The van der Waals surface area contributed by atoms with Crippen LogP contribution >= 0.6 is 0 Å². The average Bonchev–Trinajstić information content (AvgIpc) is 2.90. The number of hydrogen-bond donors (Lipinski definition) is 2. The number of carbonyl (C=O) groups excluding carboxylic acids is 1. The quantitative estimate of drug-likeness (QED) is 0.658. The van der Waals surface area contributed by atoms with Crippen molar-refractivity contribution in [1.82, 2.24) is 0 Å². The maximum atomic E-state index is 11.8. The van der Waals surface area contributed by atoms with Gasteiger partial charge in [0.05, 0.1) is 4.92 Å². The molecular formula is C13H10N2O6. The normalized spacial score (nSPS) is 10.1. The molecule has 2 rings (SSSR count). The van der Waals surface area contributed by atoms with Crippen molar-refractivity contribution in [2.45, 2.75) is 6.92 Å². The molecule has 108 valence electrons. The fourth-order valence-electron chi connectivity index (χ4n) is 1.65. The molecule has 0 unspecified atom stereocenters. The topological polar surface area (TPSA) is 123 Å². The number of hydrogen-bond acceptors (Lipinski definition) is 5. The summed E-state index contributed by atoms with van der Waals surface area (Å²) in [6.45, 7) is 1.58. The number of carboxylic acids is 1. The molecule has 0 aliphatic carbocycles. The first-order valence-corrected chi connectivity index (χ1v) is 5.78. The molecule has 0 fully saturated rings. The first kappa shape index (κ1) is 14.3. The zero-order valence-corrected chi connectivity index (χ0v) is 10.8. The van der Waals surface area contributed by atoms with Crippen LogP contribution in [0.25, 0.3) is 0 Å². The molecule has 0 aliphatic heterocycles. The van der Waals surface area contributed by atoms with E-state index >= 15 is 0 Å². The third kappa shape index (κ3) is 3.06. The summed E-state index contributed by atoms with van der Waals surface area (Å²) in [7, 11) is 0. The number of nitro groups is 1. The van der Waals surface area contributed by atoms with Crippen LogP contribution in [0.2, 0.25) is 0 Å². The molecule has 1 heterocycles. The predicted molar refractivity (Wildman–Crippen MR) is 71.5 cm³/mol. The highest BCUT2D eigenvalue weighted by Crippen LogP contribution is 2.22. The smallest absolute Gasteiger partial charge is 0.371 e. The number of nitro benzene ring substituents is 1. The largest absolute Gasteiger partial charge is 0.475 e. The molecule has 0 bridgehead atoms. The van der Waals surface area contributed by atoms with Crippen LogP contribution in [0, 0.1) is 17.0 Å². The van der Waals surface area contributed by atoms with Gasteiger partial charge in [0.15, 0.2) is 5.76 Å². The van der Waals surface area contributed by atoms with Gasteiger partial charge in [0.25, 0.3) is 11.6 Å². The van der Waals surface area contributed by atoms with Gasteiger partial charge in [-0.2, -0.15) is 0 Å². The van der Waals surface area contributed by atoms with E-state index in [0.717, 1.165) is 6.07 Å². The Labute approximate surface area is 118 Å². The molecule has 0 radical (unpaired) electrons. The van der Waals surface area contributed by atoms with Gasteiger partial charge in [-0.05, 0) is 25.1 Å². The molecule has 0 saturated carbocycles. The molecule has 1 aromatic carbocycles. The Morgan fingerprint density at radius 3 is 2.48 bits per heavy atom. The molecule has 21 heavy (non-hydrogen) atoms. The maximum absolute atomic E-state index is 11.8. The fourth-order valence-corrected chi connectivity index (χ4v) is 1.65. The van der Waals surface area contributed by atoms with E-state index in [4.69, 9.17) is 9.52 Å². The molecular weight excluding hydrogens is 280 g/mol. The molecule has 2 N–H and O–H groups in total. The zero-order valence-electron chi connectivity index (χ0n) is 10.8. The molecule has 2 aromatic rings. The second kappa shape index (κ2) is 5.45. The van der Waals surface area contributed by atoms with E-state index in [0.29, 0.717) is 5.56 Å². The number of nitrogens with zero attached hydrogens (tertiary/aromatic N) is 1. The van der Waals surface area contributed by atoms with Gasteiger partial charge in [-0.25, -0.2) is 4.79 Å². The molecule has 0 atom stereocenters. The number of carboxylic acid groups (broad SMARTS) is 1. The molecule has 8 nitrogen and oxygen atoms in total. The maximum Gasteiger partial charge on any atom is 0.371 e. The summed E-state index contributed by atoms with van der Waals surface area (Å²) >= 11 is 0. The van der Waals surface area contributed by atoms with Crippen molar-refractivity contribution in [3.63, 3.8) is 0 Å². The van der Waals surface area contributed by atoms with Gasteiger partial charge in [0, 0.05) is 17.3 Å². The lowest BCUT2D eigenvalue weighted by Crippen LogP contribution is -2.11. The van der Waals surface area contributed by atoms with Gasteiger partial charge < -0.3 is 14.8 Å². The zero-order chi connectivity index (χ0) is 15.6. The summed E-state index contributed by atoms with van der Waals surface area (Å²) in [6, 6.07) is 6.57. The van der Waals surface area contributed by atoms with Crippen molar-refractivity contribution in [3.8, 4) is 0 Å². The van der Waals surface area contributed by atoms with E-state index in [1.807, 2.05) is 0 Å². The van der Waals surface area contributed by atoms with Gasteiger partial charge in [0.2, 0.25) is 5.76 Å². The summed E-state index contributed by atoms with van der Waals surface area (Å²) < 4.78 is 4.84. The van der Waals surface area contributed by atoms with Crippen LogP contribution in [0.5, 0.6) is 0 Å². The average molecular weight is 290 g/mol. The lowest BCUT2D eigenvalue weighted by molar-refractivity contribution is -0.385. The minimum atomic E-state index is -1.29. The Morgan fingerprint density at radius 1 is 1.24 bits per heavy atom. The Kier molecular flexibility index (Phi) is 3.70. The highest BCUT2D eigenvalue weighted by molar-refractivity contribution is 6.03. The summed E-state index contributed by atoms with van der Waals surface area (Å²) in [6.07, 6.45) is 0. The van der Waals surface area contributed by atoms with Crippen LogP contribution in [-0.2, 0) is 0 Å². The standard InChI is InChI=1S/C13H10N2O6/c1-7-2-3-8(6-9(7)15(19)20)14-12(16)10-4-5-11(21-10)13(17)18/h2-6H,1H3,(H,14,16)(H,17,18). The number of amides is 1. The first-order chi connectivity index (χ1) is 9.88. The molecule has 1 aromatic heterocycles. The summed E-state index contributed by atoms with van der Waals surface area (Å²) in [4.78, 5) is 32.8. The van der Waals surface area contributed by atoms with E-state index < -0.39 is 16.8 Å². The van der Waals surface area contributed by atoms with E-state index in [1.165, 1.54) is 24.3 Å². The van der Waals surface area contributed by atoms with Gasteiger partial charge >= 0.3 is 5.97 Å². The molecule has 0 saturated heterocycles. The van der Waals surface area contributed by atoms with Crippen molar-refractivity contribution in [2.24, 2.45) is 0 Å². The monoisotopic (exact) mass is 290 g/mol. The van der Waals surface area contributed by atoms with E-state index in [-0.39, 0.29) is 22.9 Å². The Hall–Kier alpha value is -3.16. The number of rotatable bonds is 4. The van der Waals surface area contributed by atoms with Crippen molar-refractivity contribution < 1.29 is 24.0 Å². The SMILES string of the molecule is Cc1ccc(NC(=O)c2ccc(C(=O)O)o2)cc1[N+](=O)[O-]. The molecule has 8 heteroatoms. The second-order valence-corrected chi connectivity index (χ2v) is 4.18. The lowest BCUT2D eigenvalue weighted by atomic mass is 10.2. The number of anilines is 1. The van der Waals surface area contributed by atoms with Crippen LogP contribution in [-0.4, -0.2) is 21.9 Å². The first-order valence-electron chi connectivity index (χ1n) is 5.78. The highest BCUT2D eigenvalue weighted by atomic mass is 16.6. The number of benzene rings is 1. The molecule has 0 spiro atoms. The van der Waals surface area contributed by atoms with Crippen LogP contribution in [0.1, 0.15) is 26.7 Å². The van der Waals surface area contributed by atoms with Crippen molar-refractivity contribution >= 4 is 23.3 Å². The van der Waals surface area contributed by atoms with Gasteiger partial charge in [-0.1, -0.05) is 6.07 Å². The number of aromatic carboxylic acids is 1. The number of furan rings is 1. The lowest BCUT2D eigenvalue weighted by Gasteiger charge is -2.04. The minimum Gasteiger partial charge on any atom is -0.475 e. The Morgan fingerprint density at radius 2 is 1.90 bits per heavy atom. The van der Waals surface area contributed by atoms with Crippen LogP contribution in [0.3, 0.4) is 0 Å². The van der Waals surface area contributed by atoms with Gasteiger partial charge in [-0.3, -0.25) is 14.9 Å². The Bertz CT molecular complexity index is 734. The van der Waals surface area contributed by atoms with E-state index in [2.05, 4.69) is 5.32 Å². The summed E-state index contributed by atoms with van der Waals surface area (Å²) in [5.74, 6) is -2.55. The number of nitrogens with one attached hydrogen (secondary N) is 1. The predicted octanol–water partition coefficient (Wildman–Crippen LogP) is 2.45. The minimum absolute atomic E-state index is 0.126. The highest BCUT2D eigenvalue weighted by Gasteiger charge is 2.17. The van der Waals surface area contributed by atoms with Crippen LogP contribution in [0.15, 0.2) is 34.7 Å². The van der Waals surface area contributed by atoms with Crippen LogP contribution < -0.4 is 5.32 Å². The van der Waals surface area contributed by atoms with E-state index in [1.54, 1.807) is 6.92 Å². The van der Waals surface area contributed by atoms with Crippen molar-refractivity contribution in [1.29, 1.82) is 0 Å². The fraction of sp³-hybridized carbons (Fsp3) is 0.0769. The summed E-state index contributed by atoms with van der Waals surface area (Å²) in [5.41, 5.74) is 0.549. The molecule has 1 amide bonds.